The van der Waals surface area contributed by atoms with Crippen molar-refractivity contribution in [1.82, 2.24) is 19.9 Å². The van der Waals surface area contributed by atoms with Crippen LogP contribution in [0.3, 0.4) is 0 Å². The smallest absolute Gasteiger partial charge is 0.252 e. The molecule has 3 heterocycles. The van der Waals surface area contributed by atoms with Crippen LogP contribution in [0.4, 0.5) is 5.95 Å². The number of rotatable bonds is 7. The van der Waals surface area contributed by atoms with Gasteiger partial charge in [-0.3, -0.25) is 9.69 Å². The highest BCUT2D eigenvalue weighted by molar-refractivity contribution is 7.16. The fourth-order valence-electron chi connectivity index (χ4n) is 4.71. The van der Waals surface area contributed by atoms with Gasteiger partial charge in [-0.15, -0.1) is 11.3 Å². The van der Waals surface area contributed by atoms with Crippen LogP contribution in [-0.4, -0.2) is 44.8 Å². The van der Waals surface area contributed by atoms with Crippen molar-refractivity contribution >= 4 is 33.4 Å². The van der Waals surface area contributed by atoms with Crippen molar-refractivity contribution in [2.75, 3.05) is 18.4 Å². The van der Waals surface area contributed by atoms with Crippen molar-refractivity contribution in [2.45, 2.75) is 46.2 Å². The number of anilines is 1. The molecule has 9 heteroatoms. The highest BCUT2D eigenvalue weighted by Gasteiger charge is 2.22. The summed E-state index contributed by atoms with van der Waals surface area (Å²) in [6.07, 6.45) is 1.92. The predicted octanol–water partition coefficient (Wildman–Crippen LogP) is 5.65. The van der Waals surface area contributed by atoms with Crippen LogP contribution in [0.5, 0.6) is 11.6 Å². The van der Waals surface area contributed by atoms with Crippen molar-refractivity contribution < 1.29 is 9.53 Å². The second kappa shape index (κ2) is 10.6. The Balaban J connectivity index is 1.27. The summed E-state index contributed by atoms with van der Waals surface area (Å²) >= 11 is 1.45. The van der Waals surface area contributed by atoms with E-state index in [0.717, 1.165) is 59.6 Å². The zero-order valence-corrected chi connectivity index (χ0v) is 21.9. The van der Waals surface area contributed by atoms with Gasteiger partial charge in [-0.2, -0.15) is 15.2 Å². The highest BCUT2D eigenvalue weighted by Crippen LogP contribution is 2.34. The van der Waals surface area contributed by atoms with Crippen LogP contribution < -0.4 is 10.1 Å². The largest absolute Gasteiger partial charge is 0.436 e. The minimum absolute atomic E-state index is 0.0931. The van der Waals surface area contributed by atoms with Crippen LogP contribution in [-0.2, 0) is 6.54 Å². The van der Waals surface area contributed by atoms with Crippen molar-refractivity contribution in [1.29, 1.82) is 5.26 Å². The number of likely N-dealkylation sites (tertiary alicyclic amines) is 1. The zero-order valence-electron chi connectivity index (χ0n) is 21.1. The summed E-state index contributed by atoms with van der Waals surface area (Å²) in [7, 11) is 0. The third-order valence-electron chi connectivity index (χ3n) is 6.61. The molecule has 0 atom stereocenters. The molecule has 0 saturated carbocycles. The van der Waals surface area contributed by atoms with Crippen molar-refractivity contribution in [2.24, 2.45) is 0 Å². The molecule has 0 spiro atoms. The molecular formula is C28H28N6O2S. The lowest BCUT2D eigenvalue weighted by Crippen LogP contribution is -2.39. The predicted molar refractivity (Wildman–Crippen MR) is 144 cm³/mol. The van der Waals surface area contributed by atoms with Crippen molar-refractivity contribution in [3.05, 3.63) is 69.7 Å². The molecule has 8 nitrogen and oxygen atoms in total. The van der Waals surface area contributed by atoms with Gasteiger partial charge in [-0.1, -0.05) is 18.2 Å². The van der Waals surface area contributed by atoms with E-state index in [2.05, 4.69) is 37.3 Å². The normalized spacial score (nSPS) is 14.4. The third-order valence-corrected chi connectivity index (χ3v) is 7.33. The lowest BCUT2D eigenvalue weighted by molar-refractivity contribution is 0.101. The Morgan fingerprint density at radius 3 is 2.65 bits per heavy atom. The maximum absolute atomic E-state index is 11.7. The van der Waals surface area contributed by atoms with Crippen LogP contribution >= 0.6 is 11.3 Å². The molecule has 1 fully saturated rings. The Labute approximate surface area is 220 Å². The molecule has 0 aliphatic carbocycles. The molecule has 4 aromatic rings. The van der Waals surface area contributed by atoms with Gasteiger partial charge in [-0.05, 0) is 68.5 Å². The Morgan fingerprint density at radius 1 is 1.19 bits per heavy atom. The Hall–Kier alpha value is -3.87. The maximum atomic E-state index is 11.7. The standard InChI is InChI=1S/C28H28N6O2S/c1-17-11-21(14-29)12-18(2)25(17)36-26-24-27(37-16-30-24)33-28(32-26)31-23-7-9-34(10-8-23)15-20-5-4-6-22(13-20)19(3)35/h4-6,11-13,16,23H,7-10,15H2,1-3H3,(H,31,32,33). The Bertz CT molecular complexity index is 1480. The topological polar surface area (TPSA) is 104 Å². The molecule has 5 rings (SSSR count). The highest BCUT2D eigenvalue weighted by atomic mass is 32.1. The lowest BCUT2D eigenvalue weighted by Gasteiger charge is -2.32. The number of nitrogens with zero attached hydrogens (tertiary/aromatic N) is 5. The van der Waals surface area contributed by atoms with Crippen LogP contribution in [0, 0.1) is 25.2 Å². The minimum Gasteiger partial charge on any atom is -0.436 e. The maximum Gasteiger partial charge on any atom is 0.252 e. The molecule has 188 valence electrons. The van der Waals surface area contributed by atoms with E-state index in [-0.39, 0.29) is 11.8 Å². The Morgan fingerprint density at radius 2 is 1.95 bits per heavy atom. The van der Waals surface area contributed by atoms with Gasteiger partial charge in [0.05, 0.1) is 17.1 Å². The summed E-state index contributed by atoms with van der Waals surface area (Å²) in [5, 5.41) is 12.8. The first-order valence-electron chi connectivity index (χ1n) is 12.3. The number of piperidine rings is 1. The number of benzene rings is 2. The number of aryl methyl sites for hydroxylation is 2. The van der Waals surface area contributed by atoms with E-state index >= 15 is 0 Å². The molecule has 1 aliphatic heterocycles. The third kappa shape index (κ3) is 5.61. The Kier molecular flexibility index (Phi) is 7.12. The molecule has 0 amide bonds. The van der Waals surface area contributed by atoms with Gasteiger partial charge in [-0.25, -0.2) is 4.98 Å². The summed E-state index contributed by atoms with van der Waals surface area (Å²) in [5.74, 6) is 1.71. The van der Waals surface area contributed by atoms with Crippen molar-refractivity contribution in [3.63, 3.8) is 0 Å². The molecule has 1 saturated heterocycles. The van der Waals surface area contributed by atoms with Gasteiger partial charge in [0.2, 0.25) is 5.95 Å². The van der Waals surface area contributed by atoms with E-state index in [0.29, 0.717) is 28.7 Å². The number of nitrogens with one attached hydrogen (secondary N) is 1. The molecule has 2 aromatic carbocycles. The first kappa shape index (κ1) is 24.8. The van der Waals surface area contributed by atoms with E-state index in [1.807, 2.05) is 44.2 Å². The number of ketones is 1. The van der Waals surface area contributed by atoms with Gasteiger partial charge in [0.1, 0.15) is 5.75 Å². The number of carbonyl (C=O) groups excluding carboxylic acids is 1. The van der Waals surface area contributed by atoms with E-state index in [9.17, 15) is 10.1 Å². The molecule has 1 N–H and O–H groups in total. The molecule has 0 radical (unpaired) electrons. The lowest BCUT2D eigenvalue weighted by atomic mass is 10.0. The van der Waals surface area contributed by atoms with E-state index < -0.39 is 0 Å². The number of Topliss-reactive ketones (excluding diaryl/α,β-unsaturated/α-hetero) is 1. The van der Waals surface area contributed by atoms with Gasteiger partial charge in [0.15, 0.2) is 16.1 Å². The minimum atomic E-state index is 0.0931. The summed E-state index contributed by atoms with van der Waals surface area (Å²) in [5.41, 5.74) is 6.63. The molecule has 0 unspecified atom stereocenters. The van der Waals surface area contributed by atoms with Gasteiger partial charge in [0.25, 0.3) is 5.88 Å². The number of ether oxygens (including phenoxy) is 1. The van der Waals surface area contributed by atoms with E-state index in [1.165, 1.54) is 11.3 Å². The van der Waals surface area contributed by atoms with Gasteiger partial charge < -0.3 is 10.1 Å². The summed E-state index contributed by atoms with van der Waals surface area (Å²) < 4.78 is 6.26. The first-order valence-corrected chi connectivity index (χ1v) is 13.2. The second-order valence-electron chi connectivity index (χ2n) is 9.46. The molecule has 2 aromatic heterocycles. The number of hydrogen-bond acceptors (Lipinski definition) is 9. The molecule has 1 aliphatic rings. The summed E-state index contributed by atoms with van der Waals surface area (Å²) in [4.78, 5) is 28.7. The summed E-state index contributed by atoms with van der Waals surface area (Å²) in [6, 6.07) is 13.9. The number of fused-ring (bicyclic) bond motifs is 1. The van der Waals surface area contributed by atoms with Crippen molar-refractivity contribution in [3.8, 4) is 17.7 Å². The average Bonchev–Trinajstić information content (AvgIpc) is 3.36. The van der Waals surface area contributed by atoms with Crippen LogP contribution in [0.2, 0.25) is 0 Å². The zero-order chi connectivity index (χ0) is 25.9. The number of nitriles is 1. The quantitative estimate of drug-likeness (QED) is 0.317. The number of carbonyl (C=O) groups is 1. The van der Waals surface area contributed by atoms with E-state index in [1.54, 1.807) is 12.4 Å². The van der Waals surface area contributed by atoms with Crippen LogP contribution in [0.25, 0.3) is 10.3 Å². The fraction of sp³-hybridized carbons (Fsp3) is 0.321. The number of hydrogen-bond donors (Lipinski definition) is 1. The van der Waals surface area contributed by atoms with Gasteiger partial charge in [0, 0.05) is 31.2 Å². The monoisotopic (exact) mass is 512 g/mol. The second-order valence-corrected chi connectivity index (χ2v) is 10.3. The van der Waals surface area contributed by atoms with E-state index in [4.69, 9.17) is 4.74 Å². The van der Waals surface area contributed by atoms with Gasteiger partial charge >= 0.3 is 0 Å². The average molecular weight is 513 g/mol. The fourth-order valence-corrected chi connectivity index (χ4v) is 5.36. The molecule has 0 bridgehead atoms. The first-order chi connectivity index (χ1) is 17.9. The number of thiazole rings is 1. The summed E-state index contributed by atoms with van der Waals surface area (Å²) in [6.45, 7) is 8.16. The van der Waals surface area contributed by atoms with Crippen LogP contribution in [0.15, 0.2) is 41.9 Å². The molecular weight excluding hydrogens is 484 g/mol. The van der Waals surface area contributed by atoms with Crippen LogP contribution in [0.1, 0.15) is 52.4 Å². The SMILES string of the molecule is CC(=O)c1cccc(CN2CCC(Nc3nc(Oc4c(C)cc(C#N)cc4C)c4ncsc4n3)CC2)c1. The molecule has 37 heavy (non-hydrogen) atoms. The number of aromatic nitrogens is 3.